The standard InChI is InChI=1S/C21H30Cl3O10P/c1-10(2)16(25)29-19(13(7)22)32-35(28,33-20(14(8)23)30-17(26)11(3)4)34-21(15(9)24)31-18(27)12(5)6/h13-15,19-21H,1,3,5H2,2,4,6-9H3. The minimum atomic E-state index is -4.98. The molecule has 0 aliphatic heterocycles. The van der Waals surface area contributed by atoms with E-state index in [4.69, 9.17) is 62.6 Å². The molecule has 35 heavy (non-hydrogen) atoms. The smallest absolute Gasteiger partial charge is 0.430 e. The largest absolute Gasteiger partial charge is 0.484 e. The second-order valence-corrected chi connectivity index (χ2v) is 11.1. The Hall–Kier alpha value is -1.39. The van der Waals surface area contributed by atoms with Gasteiger partial charge in [-0.25, -0.2) is 32.5 Å². The van der Waals surface area contributed by atoms with Crippen LogP contribution in [-0.4, -0.2) is 52.9 Å². The van der Waals surface area contributed by atoms with Crippen LogP contribution in [0.25, 0.3) is 0 Å². The molecule has 6 atom stereocenters. The predicted octanol–water partition coefficient (Wildman–Crippen LogP) is 5.36. The summed E-state index contributed by atoms with van der Waals surface area (Å²) in [6.45, 7) is 18.4. The van der Waals surface area contributed by atoms with Gasteiger partial charge in [-0.2, -0.15) is 0 Å². The first-order valence-corrected chi connectivity index (χ1v) is 12.8. The molecule has 0 aromatic rings. The SMILES string of the molecule is C=C(C)C(=O)OC(OP(=O)(OC(OC(=O)C(=C)C)C(C)Cl)OC(OC(=O)C(=C)C)C(C)Cl)C(C)Cl. The van der Waals surface area contributed by atoms with E-state index < -0.39 is 60.7 Å². The van der Waals surface area contributed by atoms with Crippen molar-refractivity contribution in [2.45, 2.75) is 76.5 Å². The fourth-order valence-corrected chi connectivity index (χ4v) is 3.79. The third kappa shape index (κ3) is 12.4. The molecular weight excluding hydrogens is 550 g/mol. The summed E-state index contributed by atoms with van der Waals surface area (Å²) in [5.41, 5.74) is -0.0476. The van der Waals surface area contributed by atoms with Crippen LogP contribution in [0.5, 0.6) is 0 Å². The van der Waals surface area contributed by atoms with E-state index in [1.54, 1.807) is 0 Å². The van der Waals surface area contributed by atoms with Crippen LogP contribution in [-0.2, 0) is 46.7 Å². The average molecular weight is 580 g/mol. The number of esters is 3. The highest BCUT2D eigenvalue weighted by Gasteiger charge is 2.44. The Bertz CT molecular complexity index is 762. The summed E-state index contributed by atoms with van der Waals surface area (Å²) in [6, 6.07) is 0. The molecule has 0 aliphatic carbocycles. The van der Waals surface area contributed by atoms with Crippen LogP contribution in [0.1, 0.15) is 41.5 Å². The molecule has 0 aromatic heterocycles. The second-order valence-electron chi connectivity index (χ2n) is 7.46. The zero-order valence-corrected chi connectivity index (χ0v) is 23.4. The number of carbonyl (C=O) groups excluding carboxylic acids is 3. The van der Waals surface area contributed by atoms with E-state index in [0.29, 0.717) is 0 Å². The summed E-state index contributed by atoms with van der Waals surface area (Å²) in [5, 5.41) is -3.31. The van der Waals surface area contributed by atoms with Gasteiger partial charge in [-0.1, -0.05) is 19.7 Å². The van der Waals surface area contributed by atoms with Gasteiger partial charge in [0, 0.05) is 16.7 Å². The van der Waals surface area contributed by atoms with E-state index in [9.17, 15) is 18.9 Å². The van der Waals surface area contributed by atoms with Crippen LogP contribution in [0.15, 0.2) is 36.5 Å². The Morgan fingerprint density at radius 2 is 0.800 bits per heavy atom. The van der Waals surface area contributed by atoms with Crippen molar-refractivity contribution in [2.24, 2.45) is 0 Å². The first-order valence-electron chi connectivity index (χ1n) is 10.1. The quantitative estimate of drug-likeness (QED) is 0.0625. The number of hydrogen-bond acceptors (Lipinski definition) is 10. The summed E-state index contributed by atoms with van der Waals surface area (Å²) in [7, 11) is -4.98. The summed E-state index contributed by atoms with van der Waals surface area (Å²) >= 11 is 18.1. The molecule has 200 valence electrons. The Kier molecular flexibility index (Phi) is 14.4. The maximum Gasteiger partial charge on any atom is 0.484 e. The van der Waals surface area contributed by atoms with Gasteiger partial charge in [-0.15, -0.1) is 34.8 Å². The average Bonchev–Trinajstić information content (AvgIpc) is 2.71. The lowest BCUT2D eigenvalue weighted by Gasteiger charge is -2.31. The Morgan fingerprint density at radius 1 is 0.600 bits per heavy atom. The van der Waals surface area contributed by atoms with Crippen molar-refractivity contribution >= 4 is 60.5 Å². The van der Waals surface area contributed by atoms with Crippen molar-refractivity contribution in [3.05, 3.63) is 36.5 Å². The molecule has 0 radical (unpaired) electrons. The van der Waals surface area contributed by atoms with Gasteiger partial charge in [0.05, 0.1) is 16.1 Å². The van der Waals surface area contributed by atoms with E-state index in [2.05, 4.69) is 19.7 Å². The summed E-state index contributed by atoms with van der Waals surface area (Å²) in [4.78, 5) is 36.0. The maximum absolute atomic E-state index is 13.7. The third-order valence-corrected chi connectivity index (χ3v) is 5.55. The van der Waals surface area contributed by atoms with E-state index in [1.165, 1.54) is 41.5 Å². The van der Waals surface area contributed by atoms with E-state index in [-0.39, 0.29) is 16.7 Å². The van der Waals surface area contributed by atoms with Crippen LogP contribution in [0, 0.1) is 0 Å². The van der Waals surface area contributed by atoms with Gasteiger partial charge in [0.2, 0.25) is 18.9 Å². The van der Waals surface area contributed by atoms with Crippen LogP contribution < -0.4 is 0 Å². The molecule has 14 heteroatoms. The highest BCUT2D eigenvalue weighted by Crippen LogP contribution is 2.55. The molecule has 0 saturated heterocycles. The van der Waals surface area contributed by atoms with Crippen molar-refractivity contribution in [1.82, 2.24) is 0 Å². The molecule has 6 unspecified atom stereocenters. The summed E-state index contributed by atoms with van der Waals surface area (Å²) < 4.78 is 44.8. The van der Waals surface area contributed by atoms with Gasteiger partial charge in [0.1, 0.15) is 0 Å². The van der Waals surface area contributed by atoms with Crippen molar-refractivity contribution in [3.8, 4) is 0 Å². The number of phosphoric acid groups is 1. The van der Waals surface area contributed by atoms with Crippen molar-refractivity contribution < 1.29 is 46.7 Å². The predicted molar refractivity (Wildman–Crippen MR) is 131 cm³/mol. The fourth-order valence-electron chi connectivity index (χ4n) is 1.67. The Morgan fingerprint density at radius 3 is 0.943 bits per heavy atom. The molecule has 0 heterocycles. The molecule has 0 N–H and O–H groups in total. The lowest BCUT2D eigenvalue weighted by molar-refractivity contribution is -0.178. The molecule has 0 aromatic carbocycles. The van der Waals surface area contributed by atoms with Gasteiger partial charge < -0.3 is 14.2 Å². The summed E-state index contributed by atoms with van der Waals surface area (Å²) in [6.07, 6.45) is -5.17. The number of hydrogen-bond donors (Lipinski definition) is 0. The molecule has 10 nitrogen and oxygen atoms in total. The third-order valence-electron chi connectivity index (χ3n) is 3.54. The summed E-state index contributed by atoms with van der Waals surface area (Å²) in [5.74, 6) is -2.79. The molecule has 0 saturated carbocycles. The maximum atomic E-state index is 13.7. The molecule has 0 spiro atoms. The monoisotopic (exact) mass is 578 g/mol. The number of phosphoric ester groups is 1. The molecule has 0 bridgehead atoms. The zero-order valence-electron chi connectivity index (χ0n) is 20.2. The van der Waals surface area contributed by atoms with Gasteiger partial charge in [-0.05, 0) is 41.5 Å². The second kappa shape index (κ2) is 15.0. The molecule has 0 rings (SSSR count). The van der Waals surface area contributed by atoms with E-state index in [1.807, 2.05) is 0 Å². The van der Waals surface area contributed by atoms with Crippen LogP contribution in [0.4, 0.5) is 0 Å². The number of alkyl halides is 3. The first kappa shape index (κ1) is 33.6. The Labute approximate surface area is 220 Å². The fraction of sp³-hybridized carbons (Fsp3) is 0.571. The van der Waals surface area contributed by atoms with Gasteiger partial charge in [0.15, 0.2) is 0 Å². The molecular formula is C21H30Cl3O10P. The normalized spacial score (nSPS) is 18.0. The van der Waals surface area contributed by atoms with Crippen molar-refractivity contribution in [3.63, 3.8) is 0 Å². The minimum absolute atomic E-state index is 0.0159. The number of carbonyl (C=O) groups is 3. The number of ether oxygens (including phenoxy) is 3. The van der Waals surface area contributed by atoms with Crippen LogP contribution in [0.3, 0.4) is 0 Å². The molecule has 0 amide bonds. The highest BCUT2D eigenvalue weighted by molar-refractivity contribution is 7.48. The van der Waals surface area contributed by atoms with Gasteiger partial charge in [0.25, 0.3) is 0 Å². The minimum Gasteiger partial charge on any atom is -0.430 e. The number of halogens is 3. The highest BCUT2D eigenvalue weighted by atomic mass is 35.5. The van der Waals surface area contributed by atoms with Crippen LogP contribution in [0.2, 0.25) is 0 Å². The van der Waals surface area contributed by atoms with Gasteiger partial charge in [-0.3, -0.25) is 0 Å². The zero-order chi connectivity index (χ0) is 27.7. The van der Waals surface area contributed by atoms with E-state index >= 15 is 0 Å². The first-order chi connectivity index (χ1) is 15.9. The molecule has 0 aliphatic rings. The lowest BCUT2D eigenvalue weighted by Crippen LogP contribution is -2.35. The van der Waals surface area contributed by atoms with Gasteiger partial charge >= 0.3 is 25.7 Å². The van der Waals surface area contributed by atoms with Crippen molar-refractivity contribution in [2.75, 3.05) is 0 Å². The topological polar surface area (TPSA) is 124 Å². The van der Waals surface area contributed by atoms with Crippen LogP contribution >= 0.6 is 42.6 Å². The molecule has 0 fully saturated rings. The number of rotatable bonds is 15. The lowest BCUT2D eigenvalue weighted by atomic mass is 10.3. The Balaban J connectivity index is 6.29. The van der Waals surface area contributed by atoms with E-state index in [0.717, 1.165) is 0 Å². The van der Waals surface area contributed by atoms with Crippen molar-refractivity contribution in [1.29, 1.82) is 0 Å².